The summed E-state index contributed by atoms with van der Waals surface area (Å²) in [6.07, 6.45) is 0. The molecule has 3 aromatic rings. The zero-order valence-electron chi connectivity index (χ0n) is 10.1. The molecule has 0 unspecified atom stereocenters. The molecule has 0 saturated heterocycles. The van der Waals surface area contributed by atoms with E-state index in [1.807, 2.05) is 30.3 Å². The summed E-state index contributed by atoms with van der Waals surface area (Å²) in [5.41, 5.74) is 2.65. The van der Waals surface area contributed by atoms with Crippen LogP contribution in [0.1, 0.15) is 5.56 Å². The predicted molar refractivity (Wildman–Crippen MR) is 74.1 cm³/mol. The Bertz CT molecular complexity index is 782. The first kappa shape index (κ1) is 11.4. The van der Waals surface area contributed by atoms with Crippen LogP contribution in [0.25, 0.3) is 21.9 Å². The minimum absolute atomic E-state index is 0.240. The number of nitrogens with zero attached hydrogens (tertiary/aromatic N) is 1. The lowest BCUT2D eigenvalue weighted by Gasteiger charge is -2.05. The summed E-state index contributed by atoms with van der Waals surface area (Å²) in [4.78, 5) is 0. The molecule has 0 aliphatic carbocycles. The molecule has 0 bridgehead atoms. The second-order valence-electron chi connectivity index (χ2n) is 4.36. The molecule has 0 heterocycles. The van der Waals surface area contributed by atoms with Crippen LogP contribution in [-0.2, 0) is 0 Å². The molecule has 0 radical (unpaired) electrons. The lowest BCUT2D eigenvalue weighted by atomic mass is 9.99. The van der Waals surface area contributed by atoms with Gasteiger partial charge in [0.2, 0.25) is 0 Å². The van der Waals surface area contributed by atoms with Gasteiger partial charge in [0.05, 0.1) is 11.6 Å². The Hall–Kier alpha value is -2.66. The van der Waals surface area contributed by atoms with Crippen molar-refractivity contribution in [3.63, 3.8) is 0 Å². The minimum atomic E-state index is -0.240. The molecule has 0 aliphatic rings. The molecule has 1 nitrogen and oxygen atoms in total. The third-order valence-electron chi connectivity index (χ3n) is 3.18. The van der Waals surface area contributed by atoms with Gasteiger partial charge in [-0.2, -0.15) is 5.26 Å². The Morgan fingerprint density at radius 2 is 1.58 bits per heavy atom. The van der Waals surface area contributed by atoms with Crippen molar-refractivity contribution < 1.29 is 4.39 Å². The highest BCUT2D eigenvalue weighted by atomic mass is 19.1. The monoisotopic (exact) mass is 247 g/mol. The average Bonchev–Trinajstić information content (AvgIpc) is 2.47. The van der Waals surface area contributed by atoms with Crippen molar-refractivity contribution in [2.45, 2.75) is 0 Å². The largest absolute Gasteiger partial charge is 0.207 e. The van der Waals surface area contributed by atoms with Crippen molar-refractivity contribution in [1.29, 1.82) is 5.26 Å². The van der Waals surface area contributed by atoms with E-state index < -0.39 is 0 Å². The summed E-state index contributed by atoms with van der Waals surface area (Å²) in [6, 6.07) is 20.2. The van der Waals surface area contributed by atoms with Gasteiger partial charge in [-0.05, 0) is 46.2 Å². The van der Waals surface area contributed by atoms with E-state index in [2.05, 4.69) is 6.07 Å². The van der Waals surface area contributed by atoms with E-state index in [1.54, 1.807) is 18.2 Å². The molecule has 19 heavy (non-hydrogen) atoms. The summed E-state index contributed by atoms with van der Waals surface area (Å²) in [6.45, 7) is 0. The number of hydrogen-bond donors (Lipinski definition) is 0. The highest BCUT2D eigenvalue weighted by Crippen LogP contribution is 2.26. The number of hydrogen-bond acceptors (Lipinski definition) is 1. The maximum atomic E-state index is 12.9. The van der Waals surface area contributed by atoms with Gasteiger partial charge >= 0.3 is 0 Å². The topological polar surface area (TPSA) is 23.8 Å². The summed E-state index contributed by atoms with van der Waals surface area (Å²) in [5, 5.41) is 11.0. The second kappa shape index (κ2) is 4.55. The maximum absolute atomic E-state index is 12.9. The van der Waals surface area contributed by atoms with E-state index >= 15 is 0 Å². The fourth-order valence-corrected chi connectivity index (χ4v) is 2.20. The van der Waals surface area contributed by atoms with E-state index in [9.17, 15) is 4.39 Å². The van der Waals surface area contributed by atoms with E-state index in [4.69, 9.17) is 5.26 Å². The minimum Gasteiger partial charge on any atom is -0.207 e. The highest BCUT2D eigenvalue weighted by molar-refractivity contribution is 5.91. The van der Waals surface area contributed by atoms with Gasteiger partial charge in [0.1, 0.15) is 5.82 Å². The normalized spacial score (nSPS) is 10.3. The third-order valence-corrected chi connectivity index (χ3v) is 3.18. The SMILES string of the molecule is N#Cc1cccc2cc(-c3ccc(F)cc3)ccc12. The fourth-order valence-electron chi connectivity index (χ4n) is 2.20. The molecule has 3 rings (SSSR count). The van der Waals surface area contributed by atoms with Crippen molar-refractivity contribution in [1.82, 2.24) is 0 Å². The van der Waals surface area contributed by atoms with Crippen LogP contribution in [0.2, 0.25) is 0 Å². The zero-order chi connectivity index (χ0) is 13.2. The van der Waals surface area contributed by atoms with Crippen molar-refractivity contribution in [2.75, 3.05) is 0 Å². The van der Waals surface area contributed by atoms with Crippen LogP contribution in [0.3, 0.4) is 0 Å². The Labute approximate surface area is 110 Å². The zero-order valence-corrected chi connectivity index (χ0v) is 10.1. The van der Waals surface area contributed by atoms with Crippen LogP contribution in [0.5, 0.6) is 0 Å². The summed E-state index contributed by atoms with van der Waals surface area (Å²) < 4.78 is 12.9. The standard InChI is InChI=1S/C17H10FN/c18-16-7-4-12(5-8-16)13-6-9-17-14(10-13)2-1-3-15(17)11-19/h1-10H. The molecular formula is C17H10FN. The number of halogens is 1. The van der Waals surface area contributed by atoms with Gasteiger partial charge in [-0.15, -0.1) is 0 Å². The van der Waals surface area contributed by atoms with Crippen LogP contribution in [-0.4, -0.2) is 0 Å². The maximum Gasteiger partial charge on any atom is 0.123 e. The number of benzene rings is 3. The number of fused-ring (bicyclic) bond motifs is 1. The van der Waals surface area contributed by atoms with Crippen molar-refractivity contribution in [3.05, 3.63) is 72.0 Å². The van der Waals surface area contributed by atoms with Gasteiger partial charge in [0.15, 0.2) is 0 Å². The van der Waals surface area contributed by atoms with E-state index in [-0.39, 0.29) is 5.82 Å². The molecule has 3 aromatic carbocycles. The van der Waals surface area contributed by atoms with Crippen molar-refractivity contribution in [3.8, 4) is 17.2 Å². The highest BCUT2D eigenvalue weighted by Gasteiger charge is 2.03. The molecule has 2 heteroatoms. The lowest BCUT2D eigenvalue weighted by Crippen LogP contribution is -1.82. The van der Waals surface area contributed by atoms with Crippen LogP contribution in [0, 0.1) is 17.1 Å². The van der Waals surface area contributed by atoms with Gasteiger partial charge < -0.3 is 0 Å². The Kier molecular flexibility index (Phi) is 2.74. The Balaban J connectivity index is 2.17. The second-order valence-corrected chi connectivity index (χ2v) is 4.36. The van der Waals surface area contributed by atoms with Crippen LogP contribution < -0.4 is 0 Å². The first-order valence-corrected chi connectivity index (χ1v) is 5.97. The third kappa shape index (κ3) is 2.07. The quantitative estimate of drug-likeness (QED) is 0.620. The summed E-state index contributed by atoms with van der Waals surface area (Å²) in [5.74, 6) is -0.240. The lowest BCUT2D eigenvalue weighted by molar-refractivity contribution is 0.628. The Morgan fingerprint density at radius 3 is 2.32 bits per heavy atom. The Morgan fingerprint density at radius 1 is 0.842 bits per heavy atom. The van der Waals surface area contributed by atoms with E-state index in [1.165, 1.54) is 12.1 Å². The van der Waals surface area contributed by atoms with Crippen LogP contribution >= 0.6 is 0 Å². The van der Waals surface area contributed by atoms with Crippen LogP contribution in [0.4, 0.5) is 4.39 Å². The molecule has 0 aliphatic heterocycles. The average molecular weight is 247 g/mol. The molecule has 90 valence electrons. The van der Waals surface area contributed by atoms with Gasteiger partial charge in [-0.1, -0.05) is 36.4 Å². The molecule has 0 atom stereocenters. The first-order chi connectivity index (χ1) is 9.28. The fraction of sp³-hybridized carbons (Fsp3) is 0. The predicted octanol–water partition coefficient (Wildman–Crippen LogP) is 4.52. The van der Waals surface area contributed by atoms with Gasteiger partial charge in [-0.3, -0.25) is 0 Å². The van der Waals surface area contributed by atoms with Crippen molar-refractivity contribution in [2.24, 2.45) is 0 Å². The molecule has 0 amide bonds. The molecule has 0 N–H and O–H groups in total. The molecule has 0 spiro atoms. The van der Waals surface area contributed by atoms with Crippen LogP contribution in [0.15, 0.2) is 60.7 Å². The van der Waals surface area contributed by atoms with Gasteiger partial charge in [-0.25, -0.2) is 4.39 Å². The van der Waals surface area contributed by atoms with E-state index in [0.717, 1.165) is 21.9 Å². The summed E-state index contributed by atoms with van der Waals surface area (Å²) in [7, 11) is 0. The molecule has 0 saturated carbocycles. The molecular weight excluding hydrogens is 237 g/mol. The van der Waals surface area contributed by atoms with Crippen molar-refractivity contribution >= 4 is 10.8 Å². The number of nitriles is 1. The van der Waals surface area contributed by atoms with Gasteiger partial charge in [0, 0.05) is 0 Å². The molecule has 0 aromatic heterocycles. The van der Waals surface area contributed by atoms with E-state index in [0.29, 0.717) is 5.56 Å². The van der Waals surface area contributed by atoms with Gasteiger partial charge in [0.25, 0.3) is 0 Å². The summed E-state index contributed by atoms with van der Waals surface area (Å²) >= 11 is 0. The smallest absolute Gasteiger partial charge is 0.123 e. The molecule has 0 fully saturated rings. The number of rotatable bonds is 1. The first-order valence-electron chi connectivity index (χ1n) is 5.97.